The van der Waals surface area contributed by atoms with Gasteiger partial charge in [-0.3, -0.25) is 9.59 Å². The molecule has 2 N–H and O–H groups in total. The van der Waals surface area contributed by atoms with Gasteiger partial charge < -0.3 is 5.73 Å². The van der Waals surface area contributed by atoms with Gasteiger partial charge in [-0.1, -0.05) is 12.1 Å². The maximum atomic E-state index is 12.5. The lowest BCUT2D eigenvalue weighted by Gasteiger charge is -2.19. The van der Waals surface area contributed by atoms with Crippen molar-refractivity contribution in [3.8, 4) is 0 Å². The van der Waals surface area contributed by atoms with Crippen LogP contribution < -0.4 is 5.73 Å². The third kappa shape index (κ3) is 1.95. The zero-order valence-electron chi connectivity index (χ0n) is 11.1. The molecule has 0 aromatic heterocycles. The van der Waals surface area contributed by atoms with Gasteiger partial charge in [0.2, 0.25) is 0 Å². The summed E-state index contributed by atoms with van der Waals surface area (Å²) in [5, 5.41) is 0. The molecule has 0 saturated carbocycles. The van der Waals surface area contributed by atoms with E-state index in [4.69, 9.17) is 5.73 Å². The lowest BCUT2D eigenvalue weighted by Crippen LogP contribution is -2.22. The molecule has 0 heterocycles. The Morgan fingerprint density at radius 2 is 1.62 bits per heavy atom. The molecule has 106 valence electrons. The first kappa shape index (κ1) is 13.5. The van der Waals surface area contributed by atoms with Crippen LogP contribution in [-0.4, -0.2) is 26.2 Å². The van der Waals surface area contributed by atoms with Gasteiger partial charge in [-0.15, -0.1) is 0 Å². The van der Waals surface area contributed by atoms with E-state index in [0.29, 0.717) is 0 Å². The number of anilines is 1. The third-order valence-electron chi connectivity index (χ3n) is 3.48. The van der Waals surface area contributed by atoms with Crippen LogP contribution in [0.1, 0.15) is 31.8 Å². The van der Waals surface area contributed by atoms with Gasteiger partial charge in [-0.05, 0) is 24.3 Å². The van der Waals surface area contributed by atoms with Crippen LogP contribution in [0.5, 0.6) is 0 Å². The molecule has 21 heavy (non-hydrogen) atoms. The van der Waals surface area contributed by atoms with E-state index in [9.17, 15) is 18.0 Å². The highest BCUT2D eigenvalue weighted by Crippen LogP contribution is 2.31. The number of fused-ring (bicyclic) bond motifs is 2. The normalized spacial score (nSPS) is 13.8. The fourth-order valence-electron chi connectivity index (χ4n) is 2.43. The number of carbonyl (C=O) groups is 2. The minimum absolute atomic E-state index is 0.00903. The zero-order valence-corrected chi connectivity index (χ0v) is 11.9. The maximum Gasteiger partial charge on any atom is 0.196 e. The summed E-state index contributed by atoms with van der Waals surface area (Å²) < 4.78 is 23.2. The van der Waals surface area contributed by atoms with Gasteiger partial charge in [0, 0.05) is 28.6 Å². The fraction of sp³-hybridized carbons (Fsp3) is 0.0667. The Labute approximate surface area is 121 Å². The Morgan fingerprint density at radius 1 is 0.905 bits per heavy atom. The number of ketones is 2. The highest BCUT2D eigenvalue weighted by molar-refractivity contribution is 7.90. The summed E-state index contributed by atoms with van der Waals surface area (Å²) in [6.45, 7) is 0. The van der Waals surface area contributed by atoms with E-state index in [-0.39, 0.29) is 38.6 Å². The van der Waals surface area contributed by atoms with Crippen LogP contribution in [0.2, 0.25) is 0 Å². The topological polar surface area (TPSA) is 94.3 Å². The Balaban J connectivity index is 2.31. The number of nitrogen functional groups attached to an aromatic ring is 1. The van der Waals surface area contributed by atoms with Crippen LogP contribution >= 0.6 is 0 Å². The Hall–Kier alpha value is -2.47. The second-order valence-electron chi connectivity index (χ2n) is 4.91. The first-order valence-electron chi connectivity index (χ1n) is 6.12. The lowest BCUT2D eigenvalue weighted by molar-refractivity contribution is 0.0979. The minimum Gasteiger partial charge on any atom is -0.398 e. The predicted octanol–water partition coefficient (Wildman–Crippen LogP) is 1.45. The van der Waals surface area contributed by atoms with Crippen molar-refractivity contribution >= 4 is 27.1 Å². The number of nitrogens with two attached hydrogens (primary N) is 1. The van der Waals surface area contributed by atoms with Gasteiger partial charge in [-0.25, -0.2) is 8.42 Å². The van der Waals surface area contributed by atoms with Gasteiger partial charge in [0.15, 0.2) is 21.4 Å². The quantitative estimate of drug-likeness (QED) is 0.686. The number of benzene rings is 2. The summed E-state index contributed by atoms with van der Waals surface area (Å²) in [6, 6.07) is 8.59. The summed E-state index contributed by atoms with van der Waals surface area (Å²) in [7, 11) is -3.45. The molecule has 0 atom stereocenters. The smallest absolute Gasteiger partial charge is 0.196 e. The van der Waals surface area contributed by atoms with E-state index < -0.39 is 15.6 Å². The largest absolute Gasteiger partial charge is 0.398 e. The molecule has 0 spiro atoms. The molecule has 0 bridgehead atoms. The lowest BCUT2D eigenvalue weighted by atomic mass is 9.83. The van der Waals surface area contributed by atoms with Gasteiger partial charge >= 0.3 is 0 Å². The molecule has 0 saturated heterocycles. The van der Waals surface area contributed by atoms with Gasteiger partial charge in [0.05, 0.1) is 10.5 Å². The molecule has 1 aliphatic carbocycles. The predicted molar refractivity (Wildman–Crippen MR) is 77.3 cm³/mol. The van der Waals surface area contributed by atoms with Crippen molar-refractivity contribution in [3.63, 3.8) is 0 Å². The SMILES string of the molecule is CS(=O)(=O)c1ccc2c(c1)C(=O)c1cccc(N)c1C2=O. The highest BCUT2D eigenvalue weighted by Gasteiger charge is 2.31. The molecule has 6 heteroatoms. The molecule has 1 aliphatic rings. The van der Waals surface area contributed by atoms with Crippen molar-refractivity contribution in [2.45, 2.75) is 4.90 Å². The van der Waals surface area contributed by atoms with Crippen molar-refractivity contribution in [1.82, 2.24) is 0 Å². The van der Waals surface area contributed by atoms with Crippen molar-refractivity contribution in [3.05, 3.63) is 58.7 Å². The second-order valence-corrected chi connectivity index (χ2v) is 6.92. The van der Waals surface area contributed by atoms with Crippen LogP contribution in [0.15, 0.2) is 41.3 Å². The Bertz CT molecular complexity index is 913. The van der Waals surface area contributed by atoms with Crippen molar-refractivity contribution in [2.24, 2.45) is 0 Å². The molecule has 2 aromatic carbocycles. The number of hydrogen-bond acceptors (Lipinski definition) is 5. The molecular formula is C15H11NO4S. The van der Waals surface area contributed by atoms with E-state index >= 15 is 0 Å². The number of rotatable bonds is 1. The summed E-state index contributed by atoms with van der Waals surface area (Å²) >= 11 is 0. The van der Waals surface area contributed by atoms with E-state index in [2.05, 4.69) is 0 Å². The number of sulfone groups is 1. The van der Waals surface area contributed by atoms with Crippen LogP contribution in [0.25, 0.3) is 0 Å². The molecule has 0 unspecified atom stereocenters. The number of hydrogen-bond donors (Lipinski definition) is 1. The standard InChI is InChI=1S/C15H11NO4S/c1-21(19,20)8-5-6-9-11(7-8)14(17)10-3-2-4-12(16)13(10)15(9)18/h2-7H,16H2,1H3. The molecule has 2 aromatic rings. The summed E-state index contributed by atoms with van der Waals surface area (Å²) in [5.41, 5.74) is 6.69. The second kappa shape index (κ2) is 4.26. The third-order valence-corrected chi connectivity index (χ3v) is 4.59. The molecule has 0 aliphatic heterocycles. The van der Waals surface area contributed by atoms with E-state index in [1.54, 1.807) is 12.1 Å². The monoisotopic (exact) mass is 301 g/mol. The molecule has 0 fully saturated rings. The van der Waals surface area contributed by atoms with Crippen LogP contribution in [-0.2, 0) is 9.84 Å². The van der Waals surface area contributed by atoms with Crippen LogP contribution in [0, 0.1) is 0 Å². The summed E-state index contributed by atoms with van der Waals surface area (Å²) in [4.78, 5) is 24.9. The average molecular weight is 301 g/mol. The van der Waals surface area contributed by atoms with Crippen molar-refractivity contribution in [2.75, 3.05) is 12.0 Å². The van der Waals surface area contributed by atoms with E-state index in [0.717, 1.165) is 6.26 Å². The minimum atomic E-state index is -3.45. The maximum absolute atomic E-state index is 12.5. The Morgan fingerprint density at radius 3 is 2.29 bits per heavy atom. The van der Waals surface area contributed by atoms with Crippen LogP contribution in [0.3, 0.4) is 0 Å². The van der Waals surface area contributed by atoms with Crippen molar-refractivity contribution in [1.29, 1.82) is 0 Å². The fourth-order valence-corrected chi connectivity index (χ4v) is 3.08. The molecule has 0 radical (unpaired) electrons. The van der Waals surface area contributed by atoms with Crippen LogP contribution in [0.4, 0.5) is 5.69 Å². The first-order chi connectivity index (χ1) is 9.80. The van der Waals surface area contributed by atoms with Gasteiger partial charge in [-0.2, -0.15) is 0 Å². The molecule has 0 amide bonds. The van der Waals surface area contributed by atoms with Gasteiger partial charge in [0.25, 0.3) is 0 Å². The van der Waals surface area contributed by atoms with Crippen molar-refractivity contribution < 1.29 is 18.0 Å². The number of carbonyl (C=O) groups excluding carboxylic acids is 2. The van der Waals surface area contributed by atoms with Gasteiger partial charge in [0.1, 0.15) is 0 Å². The van der Waals surface area contributed by atoms with E-state index in [1.165, 1.54) is 24.3 Å². The molecular weight excluding hydrogens is 290 g/mol. The summed E-state index contributed by atoms with van der Waals surface area (Å²) in [5.74, 6) is -0.754. The first-order valence-corrected chi connectivity index (χ1v) is 8.02. The average Bonchev–Trinajstić information content (AvgIpc) is 2.43. The highest BCUT2D eigenvalue weighted by atomic mass is 32.2. The molecule has 3 rings (SSSR count). The zero-order chi connectivity index (χ0) is 15.4. The molecule has 5 nitrogen and oxygen atoms in total. The Kier molecular flexibility index (Phi) is 2.74. The van der Waals surface area contributed by atoms with E-state index in [1.807, 2.05) is 0 Å². The summed E-state index contributed by atoms with van der Waals surface area (Å²) in [6.07, 6.45) is 1.05.